The molecule has 0 spiro atoms. The standard InChI is InChI=1S/C12H19FN4O/c1-9(8-18-3)15-12(16-14)17(2)11-6-4-10(13)5-7-11/h4-7,9H,8,14H2,1-3H3,(H,15,16). The number of nitrogens with zero attached hydrogens (tertiary/aromatic N) is 2. The lowest BCUT2D eigenvalue weighted by molar-refractivity contribution is 0.185. The van der Waals surface area contributed by atoms with Crippen LogP contribution in [0.1, 0.15) is 6.92 Å². The lowest BCUT2D eigenvalue weighted by atomic mass is 10.3. The summed E-state index contributed by atoms with van der Waals surface area (Å²) in [5.74, 6) is 5.66. The number of methoxy groups -OCH3 is 1. The van der Waals surface area contributed by atoms with Crippen LogP contribution < -0.4 is 16.2 Å². The Morgan fingerprint density at radius 1 is 1.50 bits per heavy atom. The Labute approximate surface area is 106 Å². The summed E-state index contributed by atoms with van der Waals surface area (Å²) in [4.78, 5) is 6.11. The average Bonchev–Trinajstić information content (AvgIpc) is 2.36. The van der Waals surface area contributed by atoms with E-state index in [-0.39, 0.29) is 11.9 Å². The fraction of sp³-hybridized carbons (Fsp3) is 0.417. The van der Waals surface area contributed by atoms with Gasteiger partial charge in [-0.2, -0.15) is 0 Å². The molecule has 0 saturated heterocycles. The van der Waals surface area contributed by atoms with Crippen molar-refractivity contribution in [2.45, 2.75) is 13.0 Å². The summed E-state index contributed by atoms with van der Waals surface area (Å²) in [6, 6.07) is 6.06. The van der Waals surface area contributed by atoms with Crippen molar-refractivity contribution in [2.75, 3.05) is 25.7 Å². The van der Waals surface area contributed by atoms with Gasteiger partial charge in [-0.25, -0.2) is 15.2 Å². The SMILES string of the molecule is COCC(C)N=C(NN)N(C)c1ccc(F)cc1. The van der Waals surface area contributed by atoms with E-state index in [1.165, 1.54) is 12.1 Å². The molecule has 0 heterocycles. The number of rotatable bonds is 4. The van der Waals surface area contributed by atoms with E-state index in [2.05, 4.69) is 10.4 Å². The maximum atomic E-state index is 12.8. The van der Waals surface area contributed by atoms with E-state index in [1.807, 2.05) is 6.92 Å². The van der Waals surface area contributed by atoms with E-state index in [0.29, 0.717) is 12.6 Å². The Hall–Kier alpha value is -1.66. The maximum Gasteiger partial charge on any atom is 0.213 e. The summed E-state index contributed by atoms with van der Waals surface area (Å²) in [6.45, 7) is 2.42. The zero-order valence-electron chi connectivity index (χ0n) is 10.9. The van der Waals surface area contributed by atoms with E-state index in [9.17, 15) is 4.39 Å². The summed E-state index contributed by atoms with van der Waals surface area (Å²) < 4.78 is 17.8. The Kier molecular flexibility index (Phi) is 5.54. The molecule has 0 aliphatic heterocycles. The molecule has 5 nitrogen and oxygen atoms in total. The quantitative estimate of drug-likeness (QED) is 0.366. The number of halogens is 1. The molecule has 0 saturated carbocycles. The second-order valence-electron chi connectivity index (χ2n) is 3.94. The van der Waals surface area contributed by atoms with Crippen molar-refractivity contribution in [3.8, 4) is 0 Å². The van der Waals surface area contributed by atoms with Crippen LogP contribution in [-0.4, -0.2) is 32.8 Å². The molecule has 0 bridgehead atoms. The number of ether oxygens (including phenoxy) is 1. The van der Waals surface area contributed by atoms with E-state index < -0.39 is 0 Å². The van der Waals surface area contributed by atoms with Crippen molar-refractivity contribution in [2.24, 2.45) is 10.8 Å². The molecule has 100 valence electrons. The molecule has 0 fully saturated rings. The largest absolute Gasteiger partial charge is 0.382 e. The van der Waals surface area contributed by atoms with E-state index >= 15 is 0 Å². The number of hydrogen-bond acceptors (Lipinski definition) is 3. The van der Waals surface area contributed by atoms with Crippen molar-refractivity contribution in [3.05, 3.63) is 30.1 Å². The second kappa shape index (κ2) is 6.93. The minimum Gasteiger partial charge on any atom is -0.382 e. The van der Waals surface area contributed by atoms with Crippen LogP contribution in [0, 0.1) is 5.82 Å². The molecule has 18 heavy (non-hydrogen) atoms. The number of hydrogen-bond donors (Lipinski definition) is 2. The van der Waals surface area contributed by atoms with Crippen molar-refractivity contribution >= 4 is 11.6 Å². The highest BCUT2D eigenvalue weighted by molar-refractivity contribution is 5.95. The first kappa shape index (κ1) is 14.4. The van der Waals surface area contributed by atoms with E-state index in [4.69, 9.17) is 10.6 Å². The molecular weight excluding hydrogens is 235 g/mol. The topological polar surface area (TPSA) is 62.9 Å². The van der Waals surface area contributed by atoms with Crippen LogP contribution >= 0.6 is 0 Å². The highest BCUT2D eigenvalue weighted by atomic mass is 19.1. The van der Waals surface area contributed by atoms with Gasteiger partial charge in [0.1, 0.15) is 5.82 Å². The molecule has 6 heteroatoms. The number of benzene rings is 1. The predicted molar refractivity (Wildman–Crippen MR) is 70.9 cm³/mol. The third-order valence-corrected chi connectivity index (χ3v) is 2.41. The van der Waals surface area contributed by atoms with Crippen molar-refractivity contribution in [3.63, 3.8) is 0 Å². The van der Waals surface area contributed by atoms with Crippen LogP contribution in [0.2, 0.25) is 0 Å². The monoisotopic (exact) mass is 254 g/mol. The fourth-order valence-electron chi connectivity index (χ4n) is 1.49. The molecule has 1 aromatic rings. The van der Waals surface area contributed by atoms with Gasteiger partial charge in [0, 0.05) is 19.8 Å². The number of nitrogens with two attached hydrogens (primary N) is 1. The number of hydrazine groups is 1. The second-order valence-corrected chi connectivity index (χ2v) is 3.94. The highest BCUT2D eigenvalue weighted by Gasteiger charge is 2.09. The van der Waals surface area contributed by atoms with Gasteiger partial charge in [-0.15, -0.1) is 0 Å². The van der Waals surface area contributed by atoms with Crippen molar-refractivity contribution in [1.82, 2.24) is 5.43 Å². The zero-order chi connectivity index (χ0) is 13.5. The van der Waals surface area contributed by atoms with Crippen LogP contribution in [-0.2, 0) is 4.74 Å². The van der Waals surface area contributed by atoms with Crippen LogP contribution in [0.25, 0.3) is 0 Å². The van der Waals surface area contributed by atoms with Crippen LogP contribution in [0.5, 0.6) is 0 Å². The zero-order valence-corrected chi connectivity index (χ0v) is 10.9. The number of nitrogens with one attached hydrogen (secondary N) is 1. The van der Waals surface area contributed by atoms with Gasteiger partial charge in [0.05, 0.1) is 12.6 Å². The van der Waals surface area contributed by atoms with Crippen molar-refractivity contribution in [1.29, 1.82) is 0 Å². The summed E-state index contributed by atoms with van der Waals surface area (Å²) in [5, 5.41) is 0. The maximum absolute atomic E-state index is 12.8. The first-order chi connectivity index (χ1) is 8.58. The van der Waals surface area contributed by atoms with Crippen LogP contribution in [0.15, 0.2) is 29.3 Å². The van der Waals surface area contributed by atoms with E-state index in [1.54, 1.807) is 31.2 Å². The first-order valence-electron chi connectivity index (χ1n) is 5.61. The summed E-state index contributed by atoms with van der Waals surface area (Å²) in [5.41, 5.74) is 3.32. The third-order valence-electron chi connectivity index (χ3n) is 2.41. The summed E-state index contributed by atoms with van der Waals surface area (Å²) >= 11 is 0. The molecule has 0 amide bonds. The molecule has 3 N–H and O–H groups in total. The predicted octanol–water partition coefficient (Wildman–Crippen LogP) is 1.12. The first-order valence-corrected chi connectivity index (χ1v) is 5.61. The molecule has 0 aromatic heterocycles. The van der Waals surface area contributed by atoms with Crippen LogP contribution in [0.3, 0.4) is 0 Å². The molecule has 1 unspecified atom stereocenters. The molecule has 1 aromatic carbocycles. The molecule has 0 radical (unpaired) electrons. The fourth-order valence-corrected chi connectivity index (χ4v) is 1.49. The Morgan fingerprint density at radius 3 is 2.61 bits per heavy atom. The summed E-state index contributed by atoms with van der Waals surface area (Å²) in [6.07, 6.45) is 0. The third kappa shape index (κ3) is 3.97. The van der Waals surface area contributed by atoms with Gasteiger partial charge >= 0.3 is 0 Å². The number of anilines is 1. The number of guanidine groups is 1. The van der Waals surface area contributed by atoms with Gasteiger partial charge in [0.25, 0.3) is 0 Å². The van der Waals surface area contributed by atoms with Gasteiger partial charge < -0.3 is 9.64 Å². The molecule has 1 atom stereocenters. The van der Waals surface area contributed by atoms with E-state index in [0.717, 1.165) is 5.69 Å². The normalized spacial score (nSPS) is 13.3. The van der Waals surface area contributed by atoms with Gasteiger partial charge in [-0.3, -0.25) is 5.43 Å². The average molecular weight is 254 g/mol. The Balaban J connectivity index is 2.84. The highest BCUT2D eigenvalue weighted by Crippen LogP contribution is 2.13. The van der Waals surface area contributed by atoms with Gasteiger partial charge in [-0.1, -0.05) is 0 Å². The molecule has 1 rings (SSSR count). The lowest BCUT2D eigenvalue weighted by Gasteiger charge is -2.22. The Morgan fingerprint density at radius 2 is 2.11 bits per heavy atom. The molecule has 0 aliphatic rings. The Bertz CT molecular complexity index is 394. The minimum atomic E-state index is -0.279. The van der Waals surface area contributed by atoms with Gasteiger partial charge in [0.2, 0.25) is 5.96 Å². The van der Waals surface area contributed by atoms with Gasteiger partial charge in [-0.05, 0) is 31.2 Å². The molecular formula is C12H19FN4O. The summed E-state index contributed by atoms with van der Waals surface area (Å²) in [7, 11) is 3.41. The smallest absolute Gasteiger partial charge is 0.213 e. The lowest BCUT2D eigenvalue weighted by Crippen LogP contribution is -2.43. The van der Waals surface area contributed by atoms with Crippen LogP contribution in [0.4, 0.5) is 10.1 Å². The van der Waals surface area contributed by atoms with Gasteiger partial charge in [0.15, 0.2) is 0 Å². The minimum absolute atomic E-state index is 0.0241. The molecule has 0 aliphatic carbocycles. The van der Waals surface area contributed by atoms with Crippen molar-refractivity contribution < 1.29 is 9.13 Å². The number of aliphatic imine (C=N–C) groups is 1.